The van der Waals surface area contributed by atoms with Gasteiger partial charge >= 0.3 is 0 Å². The molecule has 0 heterocycles. The minimum absolute atomic E-state index is 0.0972. The molecule has 0 unspecified atom stereocenters. The van der Waals surface area contributed by atoms with Crippen LogP contribution in [0.4, 0.5) is 0 Å². The summed E-state index contributed by atoms with van der Waals surface area (Å²) in [6.45, 7) is 3.96. The van der Waals surface area contributed by atoms with Gasteiger partial charge in [-0.2, -0.15) is 0 Å². The van der Waals surface area contributed by atoms with Crippen molar-refractivity contribution in [2.24, 2.45) is 11.5 Å². The first-order valence-electron chi connectivity index (χ1n) is 8.80. The van der Waals surface area contributed by atoms with Crippen molar-refractivity contribution < 1.29 is 15.7 Å². The highest BCUT2D eigenvalue weighted by molar-refractivity contribution is 4.46. The normalized spacial score (nSPS) is 9.55. The average Bonchev–Trinajstić information content (AvgIpc) is 2.57. The van der Waals surface area contributed by atoms with Gasteiger partial charge in [-0.15, -0.1) is 0 Å². The van der Waals surface area contributed by atoms with Crippen molar-refractivity contribution in [3.8, 4) is 0 Å². The molecule has 0 aromatic carbocycles. The topological polar surface area (TPSA) is 132 Å². The second-order valence-corrected chi connectivity index (χ2v) is 5.16. The van der Waals surface area contributed by atoms with Crippen molar-refractivity contribution in [3.63, 3.8) is 0 Å². The molecule has 138 valence electrons. The quantitative estimate of drug-likeness (QED) is 0.253. The van der Waals surface area contributed by atoms with E-state index in [1.807, 2.05) is 0 Å². The number of aliphatic hydroxyl groups is 2. The Kier molecular flexibility index (Phi) is 39.5. The molecule has 22 heavy (non-hydrogen) atoms. The number of hydrogen-bond donors (Lipinski definition) is 5. The molecule has 0 saturated carbocycles. The predicted molar refractivity (Wildman–Crippen MR) is 94.3 cm³/mol. The Morgan fingerprint density at radius 1 is 0.727 bits per heavy atom. The first kappa shape index (κ1) is 26.6. The van der Waals surface area contributed by atoms with Gasteiger partial charge in [-0.3, -0.25) is 0 Å². The molecule has 6 nitrogen and oxygen atoms in total. The molecule has 0 aromatic heterocycles. The van der Waals surface area contributed by atoms with E-state index >= 15 is 0 Å². The van der Waals surface area contributed by atoms with Crippen LogP contribution in [-0.2, 0) is 0 Å². The molecule has 0 rings (SSSR count). The number of nitrogens with two attached hydrogens (primary N) is 3. The zero-order chi connectivity index (χ0) is 17.3. The third-order valence-corrected chi connectivity index (χ3v) is 2.93. The van der Waals surface area contributed by atoms with Gasteiger partial charge in [0.15, 0.2) is 0 Å². The zero-order valence-corrected chi connectivity index (χ0v) is 14.6. The molecule has 0 radical (unpaired) electrons. The molecule has 0 aromatic rings. The summed E-state index contributed by atoms with van der Waals surface area (Å²) in [7, 11) is 0. The van der Waals surface area contributed by atoms with Gasteiger partial charge in [0, 0.05) is 13.1 Å². The molecule has 6 heteroatoms. The van der Waals surface area contributed by atoms with E-state index in [9.17, 15) is 5.21 Å². The van der Waals surface area contributed by atoms with E-state index in [2.05, 4.69) is 6.92 Å². The van der Waals surface area contributed by atoms with Gasteiger partial charge in [-0.05, 0) is 12.8 Å². The summed E-state index contributed by atoms with van der Waals surface area (Å²) in [5, 5.41) is 25.5. The molecule has 0 aliphatic rings. The average molecular weight is 324 g/mol. The van der Waals surface area contributed by atoms with Crippen molar-refractivity contribution in [2.45, 2.75) is 71.1 Å². The predicted octanol–water partition coefficient (Wildman–Crippen LogP) is 0.843. The van der Waals surface area contributed by atoms with Gasteiger partial charge < -0.3 is 32.4 Å². The van der Waals surface area contributed by atoms with Crippen LogP contribution in [0.25, 0.3) is 0 Å². The summed E-state index contributed by atoms with van der Waals surface area (Å²) in [4.78, 5) is 0. The van der Waals surface area contributed by atoms with Crippen LogP contribution in [0, 0.1) is 5.21 Å². The van der Waals surface area contributed by atoms with E-state index in [4.69, 9.17) is 21.7 Å². The highest BCUT2D eigenvalue weighted by atomic mass is 16.5. The maximum Gasteiger partial charge on any atom is 0.0752 e. The van der Waals surface area contributed by atoms with Crippen molar-refractivity contribution in [3.05, 3.63) is 5.21 Å². The van der Waals surface area contributed by atoms with Crippen molar-refractivity contribution >= 4 is 0 Å². The maximum atomic E-state index is 10.0. The Morgan fingerprint density at radius 2 is 1.05 bits per heavy atom. The van der Waals surface area contributed by atoms with Gasteiger partial charge in [0.05, 0.1) is 19.8 Å². The Balaban J connectivity index is -0.000000372. The summed E-state index contributed by atoms with van der Waals surface area (Å²) in [5.74, 6) is 0. The van der Waals surface area contributed by atoms with Crippen LogP contribution in [0.3, 0.4) is 0 Å². The molecular weight excluding hydrogens is 282 g/mol. The second kappa shape index (κ2) is 32.6. The van der Waals surface area contributed by atoms with E-state index in [0.717, 1.165) is 18.4 Å². The molecule has 8 N–H and O–H groups in total. The lowest BCUT2D eigenvalue weighted by Crippen LogP contribution is -2.77. The summed E-state index contributed by atoms with van der Waals surface area (Å²) >= 11 is 0. The lowest BCUT2D eigenvalue weighted by atomic mass is 10.1. The van der Waals surface area contributed by atoms with Gasteiger partial charge in [0.2, 0.25) is 0 Å². The first-order valence-corrected chi connectivity index (χ1v) is 8.80. The van der Waals surface area contributed by atoms with Crippen LogP contribution < -0.4 is 16.9 Å². The smallest absolute Gasteiger partial charge is 0.0752 e. The van der Waals surface area contributed by atoms with E-state index < -0.39 is 0 Å². The Hall–Kier alpha value is -0.240. The molecule has 0 aliphatic carbocycles. The minimum atomic E-state index is 0.0972. The third kappa shape index (κ3) is 42.7. The monoisotopic (exact) mass is 323 g/mol. The molecule has 0 bridgehead atoms. The van der Waals surface area contributed by atoms with Crippen LogP contribution in [-0.4, -0.2) is 43.1 Å². The number of hydroxylamine groups is 1. The number of unbranched alkanes of at least 4 members (excludes halogenated alkanes) is 9. The lowest BCUT2D eigenvalue weighted by Gasteiger charge is -2.02. The molecule has 0 aliphatic heterocycles. The van der Waals surface area contributed by atoms with Crippen LogP contribution in [0.5, 0.6) is 0 Å². The summed E-state index contributed by atoms with van der Waals surface area (Å²) in [6.07, 6.45) is 13.4. The number of quaternary nitrogens is 1. The van der Waals surface area contributed by atoms with Gasteiger partial charge in [-0.25, -0.2) is 0 Å². The Labute approximate surface area is 137 Å². The fourth-order valence-corrected chi connectivity index (χ4v) is 1.72. The highest BCUT2D eigenvalue weighted by Gasteiger charge is 1.91. The Morgan fingerprint density at radius 3 is 1.32 bits per heavy atom. The van der Waals surface area contributed by atoms with Crippen LogP contribution >= 0.6 is 0 Å². The van der Waals surface area contributed by atoms with Gasteiger partial charge in [0.1, 0.15) is 0 Å². The second-order valence-electron chi connectivity index (χ2n) is 5.16. The summed E-state index contributed by atoms with van der Waals surface area (Å²) in [5.41, 5.74) is 10.6. The number of rotatable bonds is 13. The van der Waals surface area contributed by atoms with Crippen LogP contribution in [0.15, 0.2) is 0 Å². The largest absolute Gasteiger partial charge is 0.636 e. The Bertz CT molecular complexity index is 133. The standard InChI is InChI=1S/C12H27NO.2C2H7NO/c1-2-3-4-5-6-7-8-9-10-11-12-13-14;2*3-1-2-4/h2-13H2,1H3;2*4H,1-3H2. The molecule has 0 saturated heterocycles. The van der Waals surface area contributed by atoms with Crippen molar-refractivity contribution in [2.75, 3.05) is 32.8 Å². The molecule has 0 spiro atoms. The molecule has 0 amide bonds. The SMILES string of the molecule is CCCCCCCCCCCC[NH2+][O-].NCCO.NCCO. The minimum Gasteiger partial charge on any atom is -0.636 e. The third-order valence-electron chi connectivity index (χ3n) is 2.93. The van der Waals surface area contributed by atoms with E-state index in [0.29, 0.717) is 13.1 Å². The van der Waals surface area contributed by atoms with Gasteiger partial charge in [-0.1, -0.05) is 58.3 Å². The fraction of sp³-hybridized carbons (Fsp3) is 1.00. The summed E-state index contributed by atoms with van der Waals surface area (Å²) < 4.78 is 0. The van der Waals surface area contributed by atoms with E-state index in [1.165, 1.54) is 57.8 Å². The van der Waals surface area contributed by atoms with Crippen molar-refractivity contribution in [1.29, 1.82) is 0 Å². The van der Waals surface area contributed by atoms with E-state index in [1.54, 1.807) is 0 Å². The molecule has 0 atom stereocenters. The molecule has 0 fully saturated rings. The summed E-state index contributed by atoms with van der Waals surface area (Å²) in [6, 6.07) is 0. The first-order chi connectivity index (χ1) is 10.7. The fourth-order valence-electron chi connectivity index (χ4n) is 1.72. The molecular formula is C16H41N3O3. The van der Waals surface area contributed by atoms with Gasteiger partial charge in [0.25, 0.3) is 0 Å². The lowest BCUT2D eigenvalue weighted by molar-refractivity contribution is -0.589. The maximum absolute atomic E-state index is 10.0. The number of aliphatic hydroxyl groups excluding tert-OH is 2. The zero-order valence-electron chi connectivity index (χ0n) is 14.6. The van der Waals surface area contributed by atoms with Crippen LogP contribution in [0.1, 0.15) is 71.1 Å². The number of hydrogen-bond acceptors (Lipinski definition) is 5. The van der Waals surface area contributed by atoms with Crippen molar-refractivity contribution in [1.82, 2.24) is 0 Å². The van der Waals surface area contributed by atoms with Crippen LogP contribution in [0.2, 0.25) is 0 Å². The van der Waals surface area contributed by atoms with E-state index in [-0.39, 0.29) is 13.2 Å². The highest BCUT2D eigenvalue weighted by Crippen LogP contribution is 2.09.